The van der Waals surface area contributed by atoms with E-state index in [0.717, 1.165) is 30.5 Å². The van der Waals surface area contributed by atoms with E-state index in [1.807, 2.05) is 0 Å². The van der Waals surface area contributed by atoms with Crippen molar-refractivity contribution in [2.75, 3.05) is 12.9 Å². The summed E-state index contributed by atoms with van der Waals surface area (Å²) in [7, 11) is -1.93. The summed E-state index contributed by atoms with van der Waals surface area (Å²) in [5, 5.41) is 4.00. The van der Waals surface area contributed by atoms with Crippen LogP contribution in [0.1, 0.15) is 32.6 Å². The average molecular weight is 560 g/mol. The minimum atomic E-state index is -4.50. The van der Waals surface area contributed by atoms with Crippen molar-refractivity contribution in [2.24, 2.45) is 7.05 Å². The van der Waals surface area contributed by atoms with Crippen molar-refractivity contribution in [2.45, 2.75) is 11.9 Å². The maximum Gasteiger partial charge on any atom is 0.416 e. The fourth-order valence-electron chi connectivity index (χ4n) is 3.16. The number of carbonyl (C=O) groups is 1. The highest BCUT2D eigenvalue weighted by molar-refractivity contribution is 9.10. The third-order valence-corrected chi connectivity index (χ3v) is 6.08. The van der Waals surface area contributed by atoms with E-state index in [4.69, 9.17) is 4.74 Å². The second kappa shape index (κ2) is 9.71. The van der Waals surface area contributed by atoms with Crippen molar-refractivity contribution in [1.29, 1.82) is 0 Å². The van der Waals surface area contributed by atoms with Gasteiger partial charge >= 0.3 is 12.0 Å². The number of ether oxygens (including phenoxy) is 1. The first-order valence-corrected chi connectivity index (χ1v) is 12.5. The van der Waals surface area contributed by atoms with Crippen LogP contribution in [0.25, 0.3) is 0 Å². The van der Waals surface area contributed by atoms with Crippen LogP contribution in [-0.2, 0) is 28.8 Å². The first-order chi connectivity index (χ1) is 15.8. The van der Waals surface area contributed by atoms with Crippen molar-refractivity contribution in [1.82, 2.24) is 9.78 Å². The summed E-state index contributed by atoms with van der Waals surface area (Å²) in [5.74, 6) is -1.25. The SMILES string of the molecule is Cn1ncc(C(=O)c2ccc(Br)cc2CS(C)(=O)=O)c1OCC(=[OH+])c1ccc(C(F)(F)F)cc1. The molecule has 0 saturated carbocycles. The van der Waals surface area contributed by atoms with E-state index in [9.17, 15) is 31.2 Å². The van der Waals surface area contributed by atoms with Crippen LogP contribution in [0.15, 0.2) is 53.1 Å². The second-order valence-corrected chi connectivity index (χ2v) is 10.6. The van der Waals surface area contributed by atoms with Gasteiger partial charge in [-0.05, 0) is 48.0 Å². The molecule has 3 aromatic rings. The second-order valence-electron chi connectivity index (χ2n) is 7.50. The topological polar surface area (TPSA) is 99.7 Å². The van der Waals surface area contributed by atoms with E-state index in [0.29, 0.717) is 4.47 Å². The van der Waals surface area contributed by atoms with Gasteiger partial charge in [0, 0.05) is 23.3 Å². The number of benzene rings is 2. The Morgan fingerprint density at radius 1 is 1.15 bits per heavy atom. The lowest BCUT2D eigenvalue weighted by atomic mass is 10.0. The fourth-order valence-corrected chi connectivity index (χ4v) is 4.37. The summed E-state index contributed by atoms with van der Waals surface area (Å²) in [4.78, 5) is 23.5. The number of nitrogens with zero attached hydrogens (tertiary/aromatic N) is 2. The van der Waals surface area contributed by atoms with Crippen LogP contribution in [0.2, 0.25) is 0 Å². The number of hydrogen-bond donors (Lipinski definition) is 0. The number of hydrogen-bond acceptors (Lipinski definition) is 5. The van der Waals surface area contributed by atoms with Gasteiger partial charge in [-0.2, -0.15) is 18.3 Å². The average Bonchev–Trinajstić information content (AvgIpc) is 3.10. The monoisotopic (exact) mass is 559 g/mol. The highest BCUT2D eigenvalue weighted by Gasteiger charge is 2.31. The molecule has 0 atom stereocenters. The molecule has 180 valence electrons. The van der Waals surface area contributed by atoms with Gasteiger partial charge in [0.05, 0.1) is 23.1 Å². The summed E-state index contributed by atoms with van der Waals surface area (Å²) < 4.78 is 69.3. The first kappa shape index (κ1) is 25.6. The smallest absolute Gasteiger partial charge is 0.416 e. The molecule has 0 amide bonds. The van der Waals surface area contributed by atoms with E-state index in [2.05, 4.69) is 21.0 Å². The number of aromatic nitrogens is 2. The fraction of sp³-hybridized carbons (Fsp3) is 0.227. The highest BCUT2D eigenvalue weighted by Crippen LogP contribution is 2.29. The summed E-state index contributed by atoms with van der Waals surface area (Å²) >= 11 is 3.27. The van der Waals surface area contributed by atoms with Gasteiger partial charge in [0.1, 0.15) is 5.56 Å². The molecule has 0 aliphatic carbocycles. The van der Waals surface area contributed by atoms with Crippen molar-refractivity contribution < 1.29 is 35.9 Å². The highest BCUT2D eigenvalue weighted by atomic mass is 79.9. The summed E-state index contributed by atoms with van der Waals surface area (Å²) in [6, 6.07) is 8.50. The Bertz CT molecular complexity index is 1350. The first-order valence-electron chi connectivity index (χ1n) is 9.64. The van der Waals surface area contributed by atoms with Gasteiger partial charge < -0.3 is 4.74 Å². The zero-order chi connectivity index (χ0) is 25.3. The van der Waals surface area contributed by atoms with Crippen LogP contribution >= 0.6 is 15.9 Å². The van der Waals surface area contributed by atoms with Crippen LogP contribution < -0.4 is 4.74 Å². The molecule has 0 aliphatic heterocycles. The minimum absolute atomic E-state index is 0.00307. The molecule has 2 aromatic carbocycles. The number of ketones is 2. The molecule has 0 radical (unpaired) electrons. The lowest BCUT2D eigenvalue weighted by Crippen LogP contribution is -2.17. The van der Waals surface area contributed by atoms with Crippen LogP contribution in [0.5, 0.6) is 5.88 Å². The molecule has 0 spiro atoms. The molecule has 1 aromatic heterocycles. The molecule has 3 rings (SSSR count). The number of halogens is 4. The maximum absolute atomic E-state index is 13.2. The Labute approximate surface area is 201 Å². The molecule has 1 heterocycles. The molecular formula is C22H19BrF3N2O5S+. The normalized spacial score (nSPS) is 11.9. The lowest BCUT2D eigenvalue weighted by molar-refractivity contribution is -0.137. The summed E-state index contributed by atoms with van der Waals surface area (Å²) in [5.41, 5.74) is -0.284. The summed E-state index contributed by atoms with van der Waals surface area (Å²) in [6.45, 7) is -0.443. The molecule has 0 saturated heterocycles. The predicted octanol–water partition coefficient (Wildman–Crippen LogP) is 3.95. The van der Waals surface area contributed by atoms with Gasteiger partial charge in [-0.25, -0.2) is 13.1 Å². The maximum atomic E-state index is 13.2. The molecule has 0 aliphatic rings. The Hall–Kier alpha value is -2.99. The van der Waals surface area contributed by atoms with E-state index in [1.165, 1.54) is 30.1 Å². The largest absolute Gasteiger partial charge is 0.463 e. The number of rotatable bonds is 8. The number of alkyl halides is 3. The Morgan fingerprint density at radius 2 is 1.79 bits per heavy atom. The molecule has 0 unspecified atom stereocenters. The van der Waals surface area contributed by atoms with Crippen molar-refractivity contribution in [3.63, 3.8) is 0 Å². The Kier molecular flexibility index (Phi) is 7.32. The lowest BCUT2D eigenvalue weighted by Gasteiger charge is -2.10. The van der Waals surface area contributed by atoms with Gasteiger partial charge in [0.25, 0.3) is 0 Å². The zero-order valence-electron chi connectivity index (χ0n) is 17.9. The zero-order valence-corrected chi connectivity index (χ0v) is 20.3. The van der Waals surface area contributed by atoms with E-state index in [1.54, 1.807) is 6.07 Å². The van der Waals surface area contributed by atoms with E-state index < -0.39 is 34.0 Å². The molecule has 0 bridgehead atoms. The van der Waals surface area contributed by atoms with Gasteiger partial charge in [-0.1, -0.05) is 15.9 Å². The van der Waals surface area contributed by atoms with E-state index >= 15 is 0 Å². The quantitative estimate of drug-likeness (QED) is 0.307. The van der Waals surface area contributed by atoms with Crippen molar-refractivity contribution in [3.05, 3.63) is 81.0 Å². The van der Waals surface area contributed by atoms with Gasteiger partial charge in [-0.15, -0.1) is 0 Å². The molecule has 0 fully saturated rings. The molecule has 12 heteroatoms. The van der Waals surface area contributed by atoms with Crippen LogP contribution in [-0.4, -0.2) is 47.4 Å². The van der Waals surface area contributed by atoms with Crippen LogP contribution in [0.3, 0.4) is 0 Å². The number of carbonyl (C=O) groups excluding carboxylic acids is 2. The summed E-state index contributed by atoms with van der Waals surface area (Å²) in [6.07, 6.45) is -2.20. The van der Waals surface area contributed by atoms with E-state index in [-0.39, 0.29) is 39.7 Å². The number of sulfone groups is 1. The molecular weight excluding hydrogens is 541 g/mol. The third-order valence-electron chi connectivity index (χ3n) is 4.75. The molecule has 34 heavy (non-hydrogen) atoms. The van der Waals surface area contributed by atoms with Crippen LogP contribution in [0, 0.1) is 0 Å². The predicted molar refractivity (Wildman–Crippen MR) is 122 cm³/mol. The van der Waals surface area contributed by atoms with Gasteiger partial charge in [0.2, 0.25) is 12.5 Å². The molecule has 1 N–H and O–H groups in total. The van der Waals surface area contributed by atoms with Crippen molar-refractivity contribution in [3.8, 4) is 5.88 Å². The third kappa shape index (κ3) is 6.11. The van der Waals surface area contributed by atoms with Crippen molar-refractivity contribution >= 4 is 37.3 Å². The van der Waals surface area contributed by atoms with Crippen LogP contribution in [0.4, 0.5) is 13.2 Å². The Balaban J connectivity index is 1.83. The standard InChI is InChI=1S/C22H18BrF3N2O5S/c1-28-21(33-11-19(29)13-3-5-15(6-4-13)22(24,25)26)18(10-27-28)20(30)17-8-7-16(23)9-14(17)12-34(2,31)32/h3-10H,11-12H2,1-2H3/p+1. The minimum Gasteiger partial charge on any atom is -0.463 e. The molecule has 7 nitrogen and oxygen atoms in total. The number of aryl methyl sites for hydroxylation is 1. The van der Waals surface area contributed by atoms with Gasteiger partial charge in [-0.3, -0.25) is 9.59 Å². The van der Waals surface area contributed by atoms with Gasteiger partial charge in [0.15, 0.2) is 15.6 Å². The Morgan fingerprint density at radius 3 is 2.38 bits per heavy atom.